The molecular formula is C20H21ClFN7O5. The van der Waals surface area contributed by atoms with Crippen LogP contribution in [0.1, 0.15) is 27.2 Å². The number of aliphatic carboxylic acids is 1. The second-order valence-corrected chi connectivity index (χ2v) is 8.47. The van der Waals surface area contributed by atoms with Crippen molar-refractivity contribution in [1.29, 1.82) is 0 Å². The average molecular weight is 494 g/mol. The van der Waals surface area contributed by atoms with Crippen LogP contribution in [0.4, 0.5) is 9.18 Å². The Morgan fingerprint density at radius 2 is 1.97 bits per heavy atom. The van der Waals surface area contributed by atoms with Gasteiger partial charge in [-0.1, -0.05) is 11.6 Å². The van der Waals surface area contributed by atoms with Crippen LogP contribution in [0.5, 0.6) is 11.8 Å². The highest BCUT2D eigenvalue weighted by Gasteiger charge is 2.23. The third kappa shape index (κ3) is 7.33. The van der Waals surface area contributed by atoms with Gasteiger partial charge in [-0.2, -0.15) is 4.80 Å². The minimum atomic E-state index is -1.15. The summed E-state index contributed by atoms with van der Waals surface area (Å²) in [7, 11) is 0. The second-order valence-electron chi connectivity index (χ2n) is 8.04. The summed E-state index contributed by atoms with van der Waals surface area (Å²) in [6, 6.07) is 3.05. The lowest BCUT2D eigenvalue weighted by Gasteiger charge is -2.22. The van der Waals surface area contributed by atoms with E-state index in [2.05, 4.69) is 30.7 Å². The van der Waals surface area contributed by atoms with Gasteiger partial charge < -0.3 is 19.9 Å². The van der Waals surface area contributed by atoms with Gasteiger partial charge in [0, 0.05) is 6.07 Å². The van der Waals surface area contributed by atoms with Crippen molar-refractivity contribution in [2.75, 3.05) is 0 Å². The van der Waals surface area contributed by atoms with Gasteiger partial charge in [-0.15, -0.1) is 10.2 Å². The summed E-state index contributed by atoms with van der Waals surface area (Å²) in [4.78, 5) is 32.0. The van der Waals surface area contributed by atoms with Crippen LogP contribution in [-0.2, 0) is 16.1 Å². The number of tetrazole rings is 1. The summed E-state index contributed by atoms with van der Waals surface area (Å²) in [6.45, 7) is 4.90. The maximum absolute atomic E-state index is 14.7. The van der Waals surface area contributed by atoms with Gasteiger partial charge in [0.05, 0.1) is 42.0 Å². The number of nitrogens with one attached hydrogen (secondary N) is 1. The highest BCUT2D eigenvalue weighted by atomic mass is 35.5. The lowest BCUT2D eigenvalue weighted by Crippen LogP contribution is -2.42. The van der Waals surface area contributed by atoms with E-state index in [0.717, 1.165) is 10.9 Å². The normalized spacial score (nSPS) is 12.1. The fourth-order valence-corrected chi connectivity index (χ4v) is 2.77. The highest BCUT2D eigenvalue weighted by molar-refractivity contribution is 6.30. The first-order chi connectivity index (χ1) is 16.0. The van der Waals surface area contributed by atoms with Gasteiger partial charge in [-0.3, -0.25) is 4.79 Å². The molecule has 2 heterocycles. The van der Waals surface area contributed by atoms with Crippen molar-refractivity contribution >= 4 is 23.7 Å². The molecule has 0 fully saturated rings. The summed E-state index contributed by atoms with van der Waals surface area (Å²) in [6.07, 6.45) is 1.48. The smallest absolute Gasteiger partial charge is 0.407 e. The van der Waals surface area contributed by atoms with E-state index in [1.54, 1.807) is 20.8 Å². The number of carbonyl (C=O) groups excluding carboxylic acids is 1. The number of rotatable bonds is 8. The Kier molecular flexibility index (Phi) is 7.56. The van der Waals surface area contributed by atoms with Crippen LogP contribution in [0.25, 0.3) is 11.4 Å². The van der Waals surface area contributed by atoms with Gasteiger partial charge in [0.2, 0.25) is 5.82 Å². The summed E-state index contributed by atoms with van der Waals surface area (Å²) in [5.74, 6) is -1.75. The minimum Gasteiger partial charge on any atom is -0.481 e. The number of ether oxygens (including phenoxy) is 2. The third-order valence-electron chi connectivity index (χ3n) is 3.97. The fraction of sp³-hybridized carbons (Fsp3) is 0.350. The van der Waals surface area contributed by atoms with Crippen LogP contribution in [0.3, 0.4) is 0 Å². The number of halogens is 2. The Hall–Kier alpha value is -3.87. The van der Waals surface area contributed by atoms with Gasteiger partial charge >= 0.3 is 18.1 Å². The lowest BCUT2D eigenvalue weighted by atomic mass is 10.2. The number of carbonyl (C=O) groups is 2. The number of hydrogen-bond acceptors (Lipinski definition) is 9. The standard InChI is InChI=1S/C20H21ClFN7O5/c1-20(2,3)34-19(32)25-12(6-16(30)31)10-29-27-17(26-28-29)14-5-4-13(7-15(14)22)33-18-23-8-11(21)9-24-18/h4-5,7-9,12H,6,10H2,1-3H3,(H,25,32)(H,30,31). The Morgan fingerprint density at radius 1 is 1.26 bits per heavy atom. The van der Waals surface area contributed by atoms with Crippen LogP contribution in [0, 0.1) is 5.82 Å². The van der Waals surface area contributed by atoms with E-state index in [4.69, 9.17) is 26.2 Å². The molecule has 3 rings (SSSR count). The predicted octanol–water partition coefficient (Wildman–Crippen LogP) is 3.08. The zero-order valence-corrected chi connectivity index (χ0v) is 19.2. The SMILES string of the molecule is CC(C)(C)OC(=O)NC(CC(=O)O)Cn1nnc(-c2ccc(Oc3ncc(Cl)cn3)cc2F)n1. The van der Waals surface area contributed by atoms with Crippen LogP contribution in [0.2, 0.25) is 5.02 Å². The van der Waals surface area contributed by atoms with Gasteiger partial charge in [0.15, 0.2) is 0 Å². The van der Waals surface area contributed by atoms with Crippen LogP contribution in [0.15, 0.2) is 30.6 Å². The quantitative estimate of drug-likeness (QED) is 0.478. The van der Waals surface area contributed by atoms with Crippen molar-refractivity contribution in [2.45, 2.75) is 45.4 Å². The van der Waals surface area contributed by atoms with E-state index >= 15 is 0 Å². The molecule has 0 spiro atoms. The number of carboxylic acids is 1. The highest BCUT2D eigenvalue weighted by Crippen LogP contribution is 2.25. The molecule has 0 aliphatic rings. The summed E-state index contributed by atoms with van der Waals surface area (Å²) in [5, 5.41) is 23.6. The van der Waals surface area contributed by atoms with E-state index in [-0.39, 0.29) is 29.7 Å². The first kappa shape index (κ1) is 24.8. The molecule has 1 amide bonds. The van der Waals surface area contributed by atoms with E-state index in [1.165, 1.54) is 24.5 Å². The Morgan fingerprint density at radius 3 is 2.59 bits per heavy atom. The molecule has 14 heteroatoms. The number of hydrogen-bond donors (Lipinski definition) is 2. The van der Waals surface area contributed by atoms with Crippen molar-refractivity contribution in [3.63, 3.8) is 0 Å². The van der Waals surface area contributed by atoms with E-state index in [9.17, 15) is 14.0 Å². The molecule has 0 aliphatic carbocycles. The number of aromatic nitrogens is 6. The van der Waals surface area contributed by atoms with Crippen LogP contribution >= 0.6 is 11.6 Å². The molecule has 180 valence electrons. The van der Waals surface area contributed by atoms with Gasteiger partial charge in [0.25, 0.3) is 0 Å². The largest absolute Gasteiger partial charge is 0.481 e. The average Bonchev–Trinajstić information content (AvgIpc) is 3.16. The van der Waals surface area contributed by atoms with Gasteiger partial charge in [0.1, 0.15) is 17.2 Å². The molecule has 0 saturated heterocycles. The molecule has 34 heavy (non-hydrogen) atoms. The minimum absolute atomic E-state index is 0.0115. The Balaban J connectivity index is 1.70. The van der Waals surface area contributed by atoms with Crippen molar-refractivity contribution in [3.8, 4) is 23.1 Å². The molecule has 0 saturated carbocycles. The zero-order valence-electron chi connectivity index (χ0n) is 18.4. The Bertz CT molecular complexity index is 1170. The first-order valence-corrected chi connectivity index (χ1v) is 10.3. The predicted molar refractivity (Wildman–Crippen MR) is 116 cm³/mol. The van der Waals surface area contributed by atoms with Crippen molar-refractivity contribution in [3.05, 3.63) is 41.4 Å². The molecule has 1 unspecified atom stereocenters. The number of alkyl carbamates (subject to hydrolysis) is 1. The summed E-state index contributed by atoms with van der Waals surface area (Å²) >= 11 is 5.72. The molecule has 1 aromatic carbocycles. The van der Waals surface area contributed by atoms with Gasteiger partial charge in [-0.05, 0) is 38.1 Å². The molecule has 2 aromatic heterocycles. The monoisotopic (exact) mass is 493 g/mol. The first-order valence-electron chi connectivity index (χ1n) is 9.93. The fourth-order valence-electron chi connectivity index (χ4n) is 2.67. The zero-order chi connectivity index (χ0) is 24.9. The molecule has 0 radical (unpaired) electrons. The van der Waals surface area contributed by atoms with Crippen molar-refractivity contribution < 1.29 is 28.6 Å². The summed E-state index contributed by atoms with van der Waals surface area (Å²) in [5.41, 5.74) is -0.727. The second kappa shape index (κ2) is 10.4. The van der Waals surface area contributed by atoms with E-state index < -0.39 is 35.9 Å². The number of carboxylic acid groups (broad SMARTS) is 1. The third-order valence-corrected chi connectivity index (χ3v) is 4.16. The molecule has 0 bridgehead atoms. The number of benzene rings is 1. The van der Waals surface area contributed by atoms with Crippen molar-refractivity contribution in [1.82, 2.24) is 35.5 Å². The maximum Gasteiger partial charge on any atom is 0.407 e. The molecular weight excluding hydrogens is 473 g/mol. The van der Waals surface area contributed by atoms with Crippen LogP contribution in [-0.4, -0.2) is 59.0 Å². The number of nitrogens with zero attached hydrogens (tertiary/aromatic N) is 6. The molecule has 0 aliphatic heterocycles. The lowest BCUT2D eigenvalue weighted by molar-refractivity contribution is -0.137. The topological polar surface area (TPSA) is 154 Å². The van der Waals surface area contributed by atoms with Crippen molar-refractivity contribution in [2.24, 2.45) is 0 Å². The van der Waals surface area contributed by atoms with E-state index in [0.29, 0.717) is 5.02 Å². The van der Waals surface area contributed by atoms with Gasteiger partial charge in [-0.25, -0.2) is 19.2 Å². The Labute approximate surface area is 198 Å². The molecule has 12 nitrogen and oxygen atoms in total. The molecule has 1 atom stereocenters. The maximum atomic E-state index is 14.7. The molecule has 3 aromatic rings. The van der Waals surface area contributed by atoms with E-state index in [1.807, 2.05) is 0 Å². The molecule has 2 N–H and O–H groups in total. The summed E-state index contributed by atoms with van der Waals surface area (Å²) < 4.78 is 25.2. The van der Waals surface area contributed by atoms with Crippen LogP contribution < -0.4 is 10.1 Å². The number of amides is 1.